The number of rotatable bonds is 6. The lowest BCUT2D eigenvalue weighted by atomic mass is 10.2. The molecule has 132 valence electrons. The smallest absolute Gasteiger partial charge is 0.233 e. The van der Waals surface area contributed by atoms with E-state index in [9.17, 15) is 4.79 Å². The van der Waals surface area contributed by atoms with E-state index in [1.165, 1.54) is 11.8 Å². The second kappa shape index (κ2) is 7.29. The molecule has 1 N–H and O–H groups in total. The van der Waals surface area contributed by atoms with Crippen LogP contribution in [0.5, 0.6) is 0 Å². The zero-order chi connectivity index (χ0) is 17.9. The molecule has 2 aromatic heterocycles. The van der Waals surface area contributed by atoms with Gasteiger partial charge in [-0.3, -0.25) is 14.3 Å². The molecule has 0 spiro atoms. The Morgan fingerprint density at radius 3 is 2.58 bits per heavy atom. The highest BCUT2D eigenvalue weighted by molar-refractivity contribution is 8.00. The van der Waals surface area contributed by atoms with Crippen LogP contribution in [0, 0.1) is 0 Å². The molecule has 0 aliphatic heterocycles. The third kappa shape index (κ3) is 3.62. The van der Waals surface area contributed by atoms with Crippen LogP contribution >= 0.6 is 11.8 Å². The minimum absolute atomic E-state index is 0.0468. The number of carbonyl (C=O) groups excluding carboxylic acids is 1. The maximum Gasteiger partial charge on any atom is 0.233 e. The van der Waals surface area contributed by atoms with Crippen molar-refractivity contribution in [2.24, 2.45) is 0 Å². The van der Waals surface area contributed by atoms with Gasteiger partial charge in [0.1, 0.15) is 0 Å². The first-order valence-electron chi connectivity index (χ1n) is 8.60. The molecule has 1 atom stereocenters. The van der Waals surface area contributed by atoms with Crippen molar-refractivity contribution in [1.29, 1.82) is 0 Å². The molecule has 7 heteroatoms. The van der Waals surface area contributed by atoms with Crippen LogP contribution in [0.25, 0.3) is 17.1 Å². The molecular weight excluding hydrogens is 346 g/mol. The third-order valence-electron chi connectivity index (χ3n) is 4.16. The molecule has 1 aliphatic rings. The zero-order valence-corrected chi connectivity index (χ0v) is 15.2. The molecule has 1 unspecified atom stereocenters. The topological polar surface area (TPSA) is 72.7 Å². The summed E-state index contributed by atoms with van der Waals surface area (Å²) >= 11 is 1.42. The molecule has 1 fully saturated rings. The van der Waals surface area contributed by atoms with Gasteiger partial charge in [-0.2, -0.15) is 0 Å². The van der Waals surface area contributed by atoms with Crippen LogP contribution in [0.1, 0.15) is 19.8 Å². The van der Waals surface area contributed by atoms with Crippen molar-refractivity contribution in [3.63, 3.8) is 0 Å². The Bertz CT molecular complexity index is 893. The van der Waals surface area contributed by atoms with Gasteiger partial charge in [-0.25, -0.2) is 0 Å². The van der Waals surface area contributed by atoms with Gasteiger partial charge in [0.2, 0.25) is 5.91 Å². The van der Waals surface area contributed by atoms with E-state index < -0.39 is 0 Å². The lowest BCUT2D eigenvalue weighted by Crippen LogP contribution is -2.32. The number of amides is 1. The predicted molar refractivity (Wildman–Crippen MR) is 101 cm³/mol. The number of hydrogen-bond acceptors (Lipinski definition) is 5. The molecule has 0 bridgehead atoms. The largest absolute Gasteiger partial charge is 0.352 e. The number of hydrogen-bond donors (Lipinski definition) is 1. The quantitative estimate of drug-likeness (QED) is 0.680. The number of para-hydroxylation sites is 1. The summed E-state index contributed by atoms with van der Waals surface area (Å²) in [6.07, 6.45) is 5.63. The fraction of sp³-hybridized carbons (Fsp3) is 0.263. The summed E-state index contributed by atoms with van der Waals surface area (Å²) in [5, 5.41) is 12.2. The third-order valence-corrected chi connectivity index (χ3v) is 5.20. The summed E-state index contributed by atoms with van der Waals surface area (Å²) in [7, 11) is 0. The van der Waals surface area contributed by atoms with Crippen LogP contribution in [0.3, 0.4) is 0 Å². The Morgan fingerprint density at radius 2 is 1.88 bits per heavy atom. The van der Waals surface area contributed by atoms with Crippen molar-refractivity contribution in [2.45, 2.75) is 36.2 Å². The van der Waals surface area contributed by atoms with Gasteiger partial charge in [0, 0.05) is 29.7 Å². The van der Waals surface area contributed by atoms with Gasteiger partial charge in [0.05, 0.1) is 5.25 Å². The molecule has 2 heterocycles. The van der Waals surface area contributed by atoms with Gasteiger partial charge < -0.3 is 5.32 Å². The summed E-state index contributed by atoms with van der Waals surface area (Å²) in [5.74, 6) is 0.779. The molecule has 26 heavy (non-hydrogen) atoms. The Hall–Kier alpha value is -2.67. The average Bonchev–Trinajstić information content (AvgIpc) is 3.40. The summed E-state index contributed by atoms with van der Waals surface area (Å²) in [5.41, 5.74) is 1.89. The fourth-order valence-electron chi connectivity index (χ4n) is 2.60. The van der Waals surface area contributed by atoms with Gasteiger partial charge in [0.15, 0.2) is 11.0 Å². The molecule has 1 aromatic carbocycles. The van der Waals surface area contributed by atoms with Crippen molar-refractivity contribution in [3.8, 4) is 17.1 Å². The van der Waals surface area contributed by atoms with E-state index in [1.807, 2.05) is 54.0 Å². The highest BCUT2D eigenvalue weighted by atomic mass is 32.2. The lowest BCUT2D eigenvalue weighted by Gasteiger charge is -2.13. The standard InChI is InChI=1S/C19H19N5OS/c1-13(18(25)21-15-7-8-15)26-19-23-22-17(14-9-11-20-12-10-14)24(19)16-5-3-2-4-6-16/h2-6,9-13,15H,7-8H2,1H3,(H,21,25). The minimum Gasteiger partial charge on any atom is -0.352 e. The van der Waals surface area contributed by atoms with Gasteiger partial charge in [-0.05, 0) is 44.0 Å². The normalized spacial score (nSPS) is 14.8. The summed E-state index contributed by atoms with van der Waals surface area (Å²) in [6.45, 7) is 1.90. The van der Waals surface area contributed by atoms with Crippen LogP contribution in [0.2, 0.25) is 0 Å². The highest BCUT2D eigenvalue weighted by Crippen LogP contribution is 2.30. The number of nitrogens with zero attached hydrogens (tertiary/aromatic N) is 4. The van der Waals surface area contributed by atoms with Crippen LogP contribution in [0.4, 0.5) is 0 Å². The first-order valence-corrected chi connectivity index (χ1v) is 9.48. The van der Waals surface area contributed by atoms with E-state index in [4.69, 9.17) is 0 Å². The van der Waals surface area contributed by atoms with Crippen LogP contribution in [-0.4, -0.2) is 36.9 Å². The van der Waals surface area contributed by atoms with E-state index in [-0.39, 0.29) is 11.2 Å². The number of nitrogens with one attached hydrogen (secondary N) is 1. The maximum atomic E-state index is 12.3. The van der Waals surface area contributed by atoms with Crippen LogP contribution in [-0.2, 0) is 4.79 Å². The van der Waals surface area contributed by atoms with E-state index >= 15 is 0 Å². The molecule has 1 amide bonds. The number of carbonyl (C=O) groups is 1. The molecular formula is C19H19N5OS. The number of pyridine rings is 1. The molecule has 1 aliphatic carbocycles. The maximum absolute atomic E-state index is 12.3. The van der Waals surface area contributed by atoms with E-state index in [0.717, 1.165) is 29.9 Å². The molecule has 4 rings (SSSR count). The van der Waals surface area contributed by atoms with E-state index in [1.54, 1.807) is 12.4 Å². The molecule has 6 nitrogen and oxygen atoms in total. The van der Waals surface area contributed by atoms with Crippen molar-refractivity contribution in [1.82, 2.24) is 25.1 Å². The molecule has 0 saturated heterocycles. The van der Waals surface area contributed by atoms with Crippen molar-refractivity contribution >= 4 is 17.7 Å². The van der Waals surface area contributed by atoms with Crippen LogP contribution in [0.15, 0.2) is 60.0 Å². The monoisotopic (exact) mass is 365 g/mol. The van der Waals surface area contributed by atoms with Gasteiger partial charge >= 0.3 is 0 Å². The molecule has 0 radical (unpaired) electrons. The summed E-state index contributed by atoms with van der Waals surface area (Å²) < 4.78 is 1.99. The predicted octanol–water partition coefficient (Wildman–Crippen LogP) is 3.09. The summed E-state index contributed by atoms with van der Waals surface area (Å²) in [4.78, 5) is 16.4. The number of thioether (sulfide) groups is 1. The van der Waals surface area contributed by atoms with Gasteiger partial charge in [-0.15, -0.1) is 10.2 Å². The lowest BCUT2D eigenvalue weighted by molar-refractivity contribution is -0.120. The van der Waals surface area contributed by atoms with E-state index in [0.29, 0.717) is 11.2 Å². The highest BCUT2D eigenvalue weighted by Gasteiger charge is 2.27. The Kier molecular flexibility index (Phi) is 4.71. The van der Waals surface area contributed by atoms with Crippen LogP contribution < -0.4 is 5.32 Å². The molecule has 3 aromatic rings. The first-order chi connectivity index (χ1) is 12.7. The minimum atomic E-state index is -0.243. The SMILES string of the molecule is CC(Sc1nnc(-c2ccncc2)n1-c1ccccc1)C(=O)NC1CC1. The molecule has 1 saturated carbocycles. The van der Waals surface area contributed by atoms with E-state index in [2.05, 4.69) is 20.5 Å². The Labute approximate surface area is 156 Å². The summed E-state index contributed by atoms with van der Waals surface area (Å²) in [6, 6.07) is 14.1. The first kappa shape index (κ1) is 16.8. The fourth-order valence-corrected chi connectivity index (χ4v) is 3.48. The zero-order valence-electron chi connectivity index (χ0n) is 14.4. The Balaban J connectivity index is 1.68. The second-order valence-corrected chi connectivity index (χ2v) is 7.56. The number of benzene rings is 1. The second-order valence-electron chi connectivity index (χ2n) is 6.26. The Morgan fingerprint density at radius 1 is 1.15 bits per heavy atom. The average molecular weight is 365 g/mol. The number of aromatic nitrogens is 4. The van der Waals surface area contributed by atoms with Gasteiger partial charge in [0.25, 0.3) is 0 Å². The van der Waals surface area contributed by atoms with Crippen molar-refractivity contribution in [2.75, 3.05) is 0 Å². The van der Waals surface area contributed by atoms with Gasteiger partial charge in [-0.1, -0.05) is 30.0 Å². The van der Waals surface area contributed by atoms with Crippen molar-refractivity contribution in [3.05, 3.63) is 54.9 Å². The van der Waals surface area contributed by atoms with Crippen molar-refractivity contribution < 1.29 is 4.79 Å².